The van der Waals surface area contributed by atoms with Gasteiger partial charge < -0.3 is 10.1 Å². The average molecular weight is 379 g/mol. The highest BCUT2D eigenvalue weighted by molar-refractivity contribution is 7.17. The Labute approximate surface area is 160 Å². The van der Waals surface area contributed by atoms with Gasteiger partial charge in [-0.2, -0.15) is 0 Å². The van der Waals surface area contributed by atoms with Gasteiger partial charge in [-0.15, -0.1) is 11.3 Å². The number of hydrogen-bond acceptors (Lipinski definition) is 5. The molecule has 136 valence electrons. The van der Waals surface area contributed by atoms with Crippen LogP contribution in [0.4, 0.5) is 10.2 Å². The number of halogens is 1. The molecule has 2 aromatic heterocycles. The van der Waals surface area contributed by atoms with Crippen molar-refractivity contribution in [3.8, 4) is 16.9 Å². The maximum Gasteiger partial charge on any atom is 0.139 e. The minimum absolute atomic E-state index is 0.237. The monoisotopic (exact) mass is 379 g/mol. The third-order valence-corrected chi connectivity index (χ3v) is 5.19. The highest BCUT2D eigenvalue weighted by Crippen LogP contribution is 2.37. The van der Waals surface area contributed by atoms with Gasteiger partial charge in [0.05, 0.1) is 12.5 Å². The summed E-state index contributed by atoms with van der Waals surface area (Å²) in [4.78, 5) is 10.1. The van der Waals surface area contributed by atoms with Gasteiger partial charge >= 0.3 is 0 Å². The van der Waals surface area contributed by atoms with E-state index in [-0.39, 0.29) is 5.82 Å². The molecule has 0 fully saturated rings. The van der Waals surface area contributed by atoms with Crippen molar-refractivity contribution in [3.63, 3.8) is 0 Å². The first-order chi connectivity index (χ1) is 13.1. The van der Waals surface area contributed by atoms with Gasteiger partial charge in [-0.25, -0.2) is 14.4 Å². The summed E-state index contributed by atoms with van der Waals surface area (Å²) in [7, 11) is 1.66. The van der Waals surface area contributed by atoms with Crippen LogP contribution < -0.4 is 10.1 Å². The number of methoxy groups -OCH3 is 1. The zero-order valence-corrected chi connectivity index (χ0v) is 15.8. The Balaban J connectivity index is 1.72. The second kappa shape index (κ2) is 7.32. The van der Waals surface area contributed by atoms with Crippen LogP contribution in [0.25, 0.3) is 21.3 Å². The first-order valence-electron chi connectivity index (χ1n) is 8.52. The second-order valence-corrected chi connectivity index (χ2v) is 7.02. The SMILES string of the molecule is COc1ccc(-c2csc3nc(C)nc(NCc4ccc(F)cc4)c23)cc1. The molecule has 0 saturated carbocycles. The van der Waals surface area contributed by atoms with E-state index in [1.165, 1.54) is 12.1 Å². The van der Waals surface area contributed by atoms with Gasteiger partial charge in [0.1, 0.15) is 28.0 Å². The molecule has 0 aliphatic carbocycles. The van der Waals surface area contributed by atoms with E-state index in [1.807, 2.05) is 31.2 Å². The summed E-state index contributed by atoms with van der Waals surface area (Å²) in [5, 5.41) is 6.49. The molecule has 0 saturated heterocycles. The number of aryl methyl sites for hydroxylation is 1. The highest BCUT2D eigenvalue weighted by atomic mass is 32.1. The minimum atomic E-state index is -0.237. The topological polar surface area (TPSA) is 47.0 Å². The molecule has 1 N–H and O–H groups in total. The summed E-state index contributed by atoms with van der Waals surface area (Å²) in [6.07, 6.45) is 0. The van der Waals surface area contributed by atoms with Crippen LogP contribution in [0, 0.1) is 12.7 Å². The Kier molecular flexibility index (Phi) is 4.73. The van der Waals surface area contributed by atoms with Crippen molar-refractivity contribution in [2.75, 3.05) is 12.4 Å². The largest absolute Gasteiger partial charge is 0.497 e. The smallest absolute Gasteiger partial charge is 0.139 e. The molecule has 0 atom stereocenters. The summed E-state index contributed by atoms with van der Waals surface area (Å²) >= 11 is 1.60. The lowest BCUT2D eigenvalue weighted by Crippen LogP contribution is -2.04. The number of hydrogen-bond donors (Lipinski definition) is 1. The highest BCUT2D eigenvalue weighted by Gasteiger charge is 2.14. The van der Waals surface area contributed by atoms with Crippen LogP contribution in [-0.2, 0) is 6.54 Å². The zero-order valence-electron chi connectivity index (χ0n) is 15.0. The molecular weight excluding hydrogens is 361 g/mol. The molecule has 0 amide bonds. The summed E-state index contributed by atoms with van der Waals surface area (Å²) in [6, 6.07) is 14.4. The van der Waals surface area contributed by atoms with E-state index in [0.29, 0.717) is 12.4 Å². The fourth-order valence-corrected chi connectivity index (χ4v) is 3.94. The number of fused-ring (bicyclic) bond motifs is 1. The maximum absolute atomic E-state index is 13.1. The standard InChI is InChI=1S/C21H18FN3OS/c1-13-24-20(23-11-14-3-7-16(22)8-4-14)19-18(12-27-21(19)25-13)15-5-9-17(26-2)10-6-15/h3-10,12H,11H2,1-2H3,(H,23,24,25). The lowest BCUT2D eigenvalue weighted by Gasteiger charge is -2.10. The molecule has 27 heavy (non-hydrogen) atoms. The Bertz CT molecular complexity index is 1080. The average Bonchev–Trinajstić information content (AvgIpc) is 3.11. The van der Waals surface area contributed by atoms with E-state index in [4.69, 9.17) is 4.74 Å². The van der Waals surface area contributed by atoms with E-state index in [0.717, 1.165) is 38.5 Å². The molecule has 0 radical (unpaired) electrons. The van der Waals surface area contributed by atoms with Crippen LogP contribution in [0.5, 0.6) is 5.75 Å². The predicted molar refractivity (Wildman–Crippen MR) is 108 cm³/mol. The molecule has 4 nitrogen and oxygen atoms in total. The van der Waals surface area contributed by atoms with Crippen molar-refractivity contribution in [3.05, 3.63) is 71.1 Å². The third-order valence-electron chi connectivity index (χ3n) is 4.32. The Morgan fingerprint density at radius 2 is 1.78 bits per heavy atom. The van der Waals surface area contributed by atoms with Crippen molar-refractivity contribution in [1.29, 1.82) is 0 Å². The van der Waals surface area contributed by atoms with Crippen molar-refractivity contribution in [2.45, 2.75) is 13.5 Å². The molecule has 0 unspecified atom stereocenters. The number of anilines is 1. The number of ether oxygens (including phenoxy) is 1. The second-order valence-electron chi connectivity index (χ2n) is 6.16. The van der Waals surface area contributed by atoms with E-state index in [9.17, 15) is 4.39 Å². The molecule has 2 heterocycles. The normalized spacial score (nSPS) is 10.9. The fourth-order valence-electron chi connectivity index (χ4n) is 2.95. The summed E-state index contributed by atoms with van der Waals surface area (Å²) in [5.41, 5.74) is 3.15. The molecule has 4 aromatic rings. The molecule has 2 aromatic carbocycles. The van der Waals surface area contributed by atoms with Crippen LogP contribution in [0.3, 0.4) is 0 Å². The number of thiophene rings is 1. The van der Waals surface area contributed by atoms with Gasteiger partial charge in [0.2, 0.25) is 0 Å². The zero-order chi connectivity index (χ0) is 18.8. The van der Waals surface area contributed by atoms with Crippen LogP contribution in [0.15, 0.2) is 53.9 Å². The first kappa shape index (κ1) is 17.4. The van der Waals surface area contributed by atoms with E-state index in [1.54, 1.807) is 30.6 Å². The van der Waals surface area contributed by atoms with Crippen LogP contribution >= 0.6 is 11.3 Å². The summed E-state index contributed by atoms with van der Waals surface area (Å²) in [5.74, 6) is 2.08. The number of aromatic nitrogens is 2. The molecule has 0 bridgehead atoms. The Morgan fingerprint density at radius 1 is 1.04 bits per heavy atom. The number of benzene rings is 2. The van der Waals surface area contributed by atoms with E-state index < -0.39 is 0 Å². The van der Waals surface area contributed by atoms with Gasteiger partial charge in [-0.1, -0.05) is 24.3 Å². The van der Waals surface area contributed by atoms with E-state index in [2.05, 4.69) is 20.7 Å². The lowest BCUT2D eigenvalue weighted by molar-refractivity contribution is 0.415. The van der Waals surface area contributed by atoms with Crippen LogP contribution in [-0.4, -0.2) is 17.1 Å². The van der Waals surface area contributed by atoms with Crippen LogP contribution in [0.2, 0.25) is 0 Å². The molecule has 0 spiro atoms. The van der Waals surface area contributed by atoms with Crippen molar-refractivity contribution in [2.24, 2.45) is 0 Å². The maximum atomic E-state index is 13.1. The molecular formula is C21H18FN3OS. The summed E-state index contributed by atoms with van der Waals surface area (Å²) < 4.78 is 18.4. The van der Waals surface area contributed by atoms with Crippen molar-refractivity contribution in [1.82, 2.24) is 9.97 Å². The molecule has 4 rings (SSSR count). The Hall–Kier alpha value is -2.99. The van der Waals surface area contributed by atoms with Crippen molar-refractivity contribution < 1.29 is 9.13 Å². The third kappa shape index (κ3) is 3.61. The Morgan fingerprint density at radius 3 is 2.48 bits per heavy atom. The number of rotatable bonds is 5. The van der Waals surface area contributed by atoms with Gasteiger partial charge in [-0.05, 0) is 42.3 Å². The van der Waals surface area contributed by atoms with Gasteiger partial charge in [0, 0.05) is 17.5 Å². The molecule has 0 aliphatic rings. The van der Waals surface area contributed by atoms with Gasteiger partial charge in [0.15, 0.2) is 0 Å². The molecule has 6 heteroatoms. The fraction of sp³-hybridized carbons (Fsp3) is 0.143. The van der Waals surface area contributed by atoms with Gasteiger partial charge in [-0.3, -0.25) is 0 Å². The quantitative estimate of drug-likeness (QED) is 0.502. The van der Waals surface area contributed by atoms with Crippen molar-refractivity contribution >= 4 is 27.4 Å². The first-order valence-corrected chi connectivity index (χ1v) is 9.40. The van der Waals surface area contributed by atoms with Crippen LogP contribution in [0.1, 0.15) is 11.4 Å². The lowest BCUT2D eigenvalue weighted by atomic mass is 10.1. The minimum Gasteiger partial charge on any atom is -0.497 e. The molecule has 0 aliphatic heterocycles. The summed E-state index contributed by atoms with van der Waals surface area (Å²) in [6.45, 7) is 2.44. The van der Waals surface area contributed by atoms with Gasteiger partial charge in [0.25, 0.3) is 0 Å². The van der Waals surface area contributed by atoms with E-state index >= 15 is 0 Å². The number of nitrogens with zero attached hydrogens (tertiary/aromatic N) is 2. The predicted octanol–water partition coefficient (Wildman–Crippen LogP) is 5.43. The number of nitrogens with one attached hydrogen (secondary N) is 1.